The molecule has 0 saturated carbocycles. The summed E-state index contributed by atoms with van der Waals surface area (Å²) in [6.07, 6.45) is 3.86. The molecule has 2 rings (SSSR count). The Bertz CT molecular complexity index is 377. The Morgan fingerprint density at radius 2 is 2.17 bits per heavy atom. The lowest BCUT2D eigenvalue weighted by molar-refractivity contribution is -0.132. The first-order valence-electron chi connectivity index (χ1n) is 6.89. The highest BCUT2D eigenvalue weighted by molar-refractivity contribution is 5.76. The second-order valence-corrected chi connectivity index (χ2v) is 4.94. The number of anilines is 1. The molecule has 3 heteroatoms. The highest BCUT2D eigenvalue weighted by atomic mass is 16.2. The quantitative estimate of drug-likeness (QED) is 0.886. The maximum Gasteiger partial charge on any atom is 0.222 e. The number of nitrogens with zero attached hydrogens (tertiary/aromatic N) is 1. The fourth-order valence-corrected chi connectivity index (χ4v) is 2.46. The molecule has 0 aromatic heterocycles. The predicted molar refractivity (Wildman–Crippen MR) is 74.6 cm³/mol. The number of rotatable bonds is 4. The molecule has 0 spiro atoms. The first-order valence-corrected chi connectivity index (χ1v) is 6.89. The average molecular weight is 246 g/mol. The molecule has 0 aliphatic carbocycles. The molecule has 3 nitrogen and oxygen atoms in total. The van der Waals surface area contributed by atoms with E-state index in [-0.39, 0.29) is 0 Å². The van der Waals surface area contributed by atoms with Gasteiger partial charge >= 0.3 is 0 Å². The molecule has 1 aliphatic heterocycles. The smallest absolute Gasteiger partial charge is 0.222 e. The number of piperidine rings is 1. The van der Waals surface area contributed by atoms with E-state index < -0.39 is 0 Å². The molecule has 1 N–H and O–H groups in total. The van der Waals surface area contributed by atoms with Crippen molar-refractivity contribution in [3.8, 4) is 0 Å². The second-order valence-electron chi connectivity index (χ2n) is 4.94. The minimum absolute atomic E-state index is 0.303. The van der Waals surface area contributed by atoms with Gasteiger partial charge in [0.05, 0.1) is 0 Å². The third-order valence-electron chi connectivity index (χ3n) is 3.38. The van der Waals surface area contributed by atoms with Crippen molar-refractivity contribution in [1.29, 1.82) is 0 Å². The zero-order valence-corrected chi connectivity index (χ0v) is 11.1. The molecular weight excluding hydrogens is 224 g/mol. The van der Waals surface area contributed by atoms with Gasteiger partial charge in [0, 0.05) is 31.2 Å². The maximum absolute atomic E-state index is 11.9. The summed E-state index contributed by atoms with van der Waals surface area (Å²) in [7, 11) is 0. The zero-order valence-electron chi connectivity index (χ0n) is 11.1. The van der Waals surface area contributed by atoms with Crippen LogP contribution in [0.2, 0.25) is 0 Å². The van der Waals surface area contributed by atoms with Gasteiger partial charge in [0.15, 0.2) is 0 Å². The van der Waals surface area contributed by atoms with Crippen molar-refractivity contribution in [2.75, 3.05) is 18.4 Å². The SMILES string of the molecule is CCCC(=O)N1CCCC(Nc2ccccc2)C1. The van der Waals surface area contributed by atoms with Crippen LogP contribution in [0.25, 0.3) is 0 Å². The summed E-state index contributed by atoms with van der Waals surface area (Å²) in [5.41, 5.74) is 1.15. The van der Waals surface area contributed by atoms with Gasteiger partial charge in [-0.25, -0.2) is 0 Å². The Hall–Kier alpha value is -1.51. The van der Waals surface area contributed by atoms with E-state index in [1.54, 1.807) is 0 Å². The van der Waals surface area contributed by atoms with E-state index in [1.165, 1.54) is 0 Å². The van der Waals surface area contributed by atoms with Crippen molar-refractivity contribution >= 4 is 11.6 Å². The van der Waals surface area contributed by atoms with E-state index in [0.29, 0.717) is 18.4 Å². The molecule has 98 valence electrons. The number of benzene rings is 1. The molecule has 1 heterocycles. The van der Waals surface area contributed by atoms with E-state index in [2.05, 4.69) is 24.4 Å². The van der Waals surface area contributed by atoms with Crippen LogP contribution < -0.4 is 5.32 Å². The molecule has 18 heavy (non-hydrogen) atoms. The molecule has 1 aromatic carbocycles. The molecule has 0 bridgehead atoms. The Kier molecular flexibility index (Phi) is 4.62. The summed E-state index contributed by atoms with van der Waals surface area (Å²) >= 11 is 0. The van der Waals surface area contributed by atoms with Crippen molar-refractivity contribution in [2.24, 2.45) is 0 Å². The predicted octanol–water partition coefficient (Wildman–Crippen LogP) is 2.89. The van der Waals surface area contributed by atoms with Crippen molar-refractivity contribution in [2.45, 2.75) is 38.6 Å². The molecule has 1 amide bonds. The summed E-state index contributed by atoms with van der Waals surface area (Å²) in [6, 6.07) is 10.6. The lowest BCUT2D eigenvalue weighted by atomic mass is 10.0. The second kappa shape index (κ2) is 6.43. The highest BCUT2D eigenvalue weighted by Gasteiger charge is 2.22. The number of likely N-dealkylation sites (tertiary alicyclic amines) is 1. The molecule has 0 radical (unpaired) electrons. The minimum Gasteiger partial charge on any atom is -0.381 e. The Morgan fingerprint density at radius 1 is 1.39 bits per heavy atom. The molecule has 1 unspecified atom stereocenters. The van der Waals surface area contributed by atoms with E-state index in [4.69, 9.17) is 0 Å². The van der Waals surface area contributed by atoms with E-state index in [9.17, 15) is 4.79 Å². The first-order chi connectivity index (χ1) is 8.79. The van der Waals surface area contributed by atoms with Gasteiger partial charge in [-0.05, 0) is 31.4 Å². The van der Waals surface area contributed by atoms with Gasteiger partial charge in [-0.2, -0.15) is 0 Å². The van der Waals surface area contributed by atoms with Gasteiger partial charge in [0.2, 0.25) is 5.91 Å². The number of hydrogen-bond donors (Lipinski definition) is 1. The minimum atomic E-state index is 0.303. The Morgan fingerprint density at radius 3 is 2.89 bits per heavy atom. The van der Waals surface area contributed by atoms with E-state index >= 15 is 0 Å². The number of carbonyl (C=O) groups excluding carboxylic acids is 1. The Balaban J connectivity index is 1.89. The fraction of sp³-hybridized carbons (Fsp3) is 0.533. The van der Waals surface area contributed by atoms with Gasteiger partial charge in [0.1, 0.15) is 0 Å². The molecular formula is C15H22N2O. The van der Waals surface area contributed by atoms with Crippen LogP contribution >= 0.6 is 0 Å². The molecule has 1 atom stereocenters. The molecule has 1 fully saturated rings. The van der Waals surface area contributed by atoms with Crippen molar-refractivity contribution in [1.82, 2.24) is 4.90 Å². The van der Waals surface area contributed by atoms with Crippen LogP contribution in [0.15, 0.2) is 30.3 Å². The van der Waals surface area contributed by atoms with Crippen LogP contribution in [0.4, 0.5) is 5.69 Å². The molecule has 1 aromatic rings. The molecule has 1 aliphatic rings. The van der Waals surface area contributed by atoms with Crippen molar-refractivity contribution in [3.05, 3.63) is 30.3 Å². The molecule has 1 saturated heterocycles. The third kappa shape index (κ3) is 3.49. The third-order valence-corrected chi connectivity index (χ3v) is 3.38. The average Bonchev–Trinajstić information content (AvgIpc) is 2.40. The number of hydrogen-bond acceptors (Lipinski definition) is 2. The van der Waals surface area contributed by atoms with Crippen LogP contribution in [0, 0.1) is 0 Å². The van der Waals surface area contributed by atoms with Crippen LogP contribution in [-0.2, 0) is 4.79 Å². The summed E-state index contributed by atoms with van der Waals surface area (Å²) < 4.78 is 0. The largest absolute Gasteiger partial charge is 0.381 e. The van der Waals surface area contributed by atoms with Crippen LogP contribution in [0.5, 0.6) is 0 Å². The Labute approximate surface area is 109 Å². The van der Waals surface area contributed by atoms with Crippen LogP contribution in [0.3, 0.4) is 0 Å². The van der Waals surface area contributed by atoms with Crippen LogP contribution in [0.1, 0.15) is 32.6 Å². The summed E-state index contributed by atoms with van der Waals surface area (Å²) in [5, 5.41) is 3.51. The van der Waals surface area contributed by atoms with Crippen molar-refractivity contribution in [3.63, 3.8) is 0 Å². The van der Waals surface area contributed by atoms with Crippen molar-refractivity contribution < 1.29 is 4.79 Å². The van der Waals surface area contributed by atoms with E-state index in [0.717, 1.165) is 38.0 Å². The number of nitrogens with one attached hydrogen (secondary N) is 1. The number of amides is 1. The van der Waals surface area contributed by atoms with Crippen LogP contribution in [-0.4, -0.2) is 29.9 Å². The fourth-order valence-electron chi connectivity index (χ4n) is 2.46. The van der Waals surface area contributed by atoms with Gasteiger partial charge in [-0.15, -0.1) is 0 Å². The normalized spacial score (nSPS) is 19.6. The van der Waals surface area contributed by atoms with Gasteiger partial charge < -0.3 is 10.2 Å². The van der Waals surface area contributed by atoms with E-state index in [1.807, 2.05) is 23.1 Å². The lowest BCUT2D eigenvalue weighted by Gasteiger charge is -2.33. The topological polar surface area (TPSA) is 32.3 Å². The monoisotopic (exact) mass is 246 g/mol. The summed E-state index contributed by atoms with van der Waals surface area (Å²) in [6.45, 7) is 3.82. The zero-order chi connectivity index (χ0) is 12.8. The summed E-state index contributed by atoms with van der Waals surface area (Å²) in [4.78, 5) is 13.9. The van der Waals surface area contributed by atoms with Gasteiger partial charge in [-0.1, -0.05) is 25.1 Å². The van der Waals surface area contributed by atoms with Gasteiger partial charge in [0.25, 0.3) is 0 Å². The lowest BCUT2D eigenvalue weighted by Crippen LogP contribution is -2.45. The standard InChI is InChI=1S/C15H22N2O/c1-2-7-15(18)17-11-6-10-14(12-17)16-13-8-4-3-5-9-13/h3-5,8-9,14,16H,2,6-7,10-12H2,1H3. The first kappa shape index (κ1) is 12.9. The maximum atomic E-state index is 11.9. The number of carbonyl (C=O) groups is 1. The van der Waals surface area contributed by atoms with Gasteiger partial charge in [-0.3, -0.25) is 4.79 Å². The highest BCUT2D eigenvalue weighted by Crippen LogP contribution is 2.16. The summed E-state index contributed by atoms with van der Waals surface area (Å²) in [5.74, 6) is 0.303. The number of para-hydroxylation sites is 1.